The van der Waals surface area contributed by atoms with Crippen LogP contribution in [0.2, 0.25) is 0 Å². The summed E-state index contributed by atoms with van der Waals surface area (Å²) in [4.78, 5) is 0. The third kappa shape index (κ3) is 0.779. The van der Waals surface area contributed by atoms with Gasteiger partial charge in [0.15, 0.2) is 0 Å². The zero-order valence-electron chi connectivity index (χ0n) is 5.73. The number of aliphatic hydroxyl groups excluding tert-OH is 2. The van der Waals surface area contributed by atoms with Gasteiger partial charge in [-0.2, -0.15) is 0 Å². The molecular formula is C7H12O3. The SMILES string of the molecule is OCC1CC2OC1CC2O. The van der Waals surface area contributed by atoms with Gasteiger partial charge in [0.2, 0.25) is 0 Å². The van der Waals surface area contributed by atoms with Crippen LogP contribution in [0, 0.1) is 5.92 Å². The van der Waals surface area contributed by atoms with Gasteiger partial charge in [0.25, 0.3) is 0 Å². The summed E-state index contributed by atoms with van der Waals surface area (Å²) in [6.45, 7) is 0.202. The maximum Gasteiger partial charge on any atom is 0.0843 e. The second-order valence-electron chi connectivity index (χ2n) is 3.19. The molecule has 0 aliphatic carbocycles. The van der Waals surface area contributed by atoms with E-state index in [9.17, 15) is 5.11 Å². The molecular weight excluding hydrogens is 132 g/mol. The van der Waals surface area contributed by atoms with Crippen molar-refractivity contribution >= 4 is 0 Å². The average molecular weight is 144 g/mol. The largest absolute Gasteiger partial charge is 0.396 e. The van der Waals surface area contributed by atoms with Crippen LogP contribution in [0.5, 0.6) is 0 Å². The highest BCUT2D eigenvalue weighted by Crippen LogP contribution is 2.38. The van der Waals surface area contributed by atoms with E-state index in [2.05, 4.69) is 0 Å². The van der Waals surface area contributed by atoms with E-state index in [0.717, 1.165) is 12.8 Å². The summed E-state index contributed by atoms with van der Waals surface area (Å²) in [6, 6.07) is 0. The number of fused-ring (bicyclic) bond motifs is 2. The van der Waals surface area contributed by atoms with Crippen LogP contribution in [0.15, 0.2) is 0 Å². The van der Waals surface area contributed by atoms with Crippen molar-refractivity contribution < 1.29 is 14.9 Å². The monoisotopic (exact) mass is 144 g/mol. The molecule has 2 fully saturated rings. The molecule has 3 heteroatoms. The Balaban J connectivity index is 2.02. The third-order valence-electron chi connectivity index (χ3n) is 2.55. The molecule has 2 N–H and O–H groups in total. The molecule has 4 unspecified atom stereocenters. The minimum absolute atomic E-state index is 0.0159. The second kappa shape index (κ2) is 2.19. The first-order valence-electron chi connectivity index (χ1n) is 3.75. The molecule has 0 aromatic carbocycles. The van der Waals surface area contributed by atoms with E-state index >= 15 is 0 Å². The molecule has 2 rings (SSSR count). The molecule has 2 aliphatic heterocycles. The first-order valence-corrected chi connectivity index (χ1v) is 3.75. The minimum atomic E-state index is -0.271. The van der Waals surface area contributed by atoms with Gasteiger partial charge in [0.1, 0.15) is 0 Å². The fraction of sp³-hybridized carbons (Fsp3) is 1.00. The van der Waals surface area contributed by atoms with Gasteiger partial charge >= 0.3 is 0 Å². The molecule has 58 valence electrons. The lowest BCUT2D eigenvalue weighted by Crippen LogP contribution is -2.28. The van der Waals surface area contributed by atoms with Gasteiger partial charge in [-0.05, 0) is 6.42 Å². The van der Waals surface area contributed by atoms with Crippen molar-refractivity contribution in [3.63, 3.8) is 0 Å². The van der Waals surface area contributed by atoms with Crippen molar-refractivity contribution in [3.8, 4) is 0 Å². The Hall–Kier alpha value is -0.120. The first kappa shape index (κ1) is 6.58. The summed E-state index contributed by atoms with van der Waals surface area (Å²) in [7, 11) is 0. The molecule has 0 aromatic heterocycles. The highest BCUT2D eigenvalue weighted by Gasteiger charge is 2.45. The Morgan fingerprint density at radius 3 is 2.50 bits per heavy atom. The van der Waals surface area contributed by atoms with Gasteiger partial charge in [0, 0.05) is 18.9 Å². The second-order valence-corrected chi connectivity index (χ2v) is 3.19. The maximum absolute atomic E-state index is 9.23. The Morgan fingerprint density at radius 2 is 2.10 bits per heavy atom. The van der Waals surface area contributed by atoms with Crippen molar-refractivity contribution in [1.29, 1.82) is 0 Å². The zero-order chi connectivity index (χ0) is 7.14. The highest BCUT2D eigenvalue weighted by molar-refractivity contribution is 4.94. The molecule has 2 saturated heterocycles. The molecule has 0 saturated carbocycles. The molecule has 3 nitrogen and oxygen atoms in total. The Kier molecular flexibility index (Phi) is 1.44. The highest BCUT2D eigenvalue weighted by atomic mass is 16.5. The lowest BCUT2D eigenvalue weighted by Gasteiger charge is -2.18. The van der Waals surface area contributed by atoms with E-state index in [1.54, 1.807) is 0 Å². The van der Waals surface area contributed by atoms with Crippen LogP contribution in [-0.4, -0.2) is 35.1 Å². The van der Waals surface area contributed by atoms with Gasteiger partial charge in [-0.15, -0.1) is 0 Å². The summed E-state index contributed by atoms with van der Waals surface area (Å²) in [5.41, 5.74) is 0. The van der Waals surface area contributed by atoms with Gasteiger partial charge in [-0.3, -0.25) is 0 Å². The topological polar surface area (TPSA) is 49.7 Å². The Labute approximate surface area is 59.6 Å². The van der Waals surface area contributed by atoms with Gasteiger partial charge < -0.3 is 14.9 Å². The van der Waals surface area contributed by atoms with Crippen molar-refractivity contribution in [2.24, 2.45) is 5.92 Å². The maximum atomic E-state index is 9.23. The van der Waals surface area contributed by atoms with E-state index in [4.69, 9.17) is 9.84 Å². The molecule has 0 spiro atoms. The van der Waals surface area contributed by atoms with Crippen LogP contribution >= 0.6 is 0 Å². The van der Waals surface area contributed by atoms with Crippen LogP contribution in [0.4, 0.5) is 0 Å². The van der Waals surface area contributed by atoms with E-state index in [-0.39, 0.29) is 30.8 Å². The smallest absolute Gasteiger partial charge is 0.0843 e. The van der Waals surface area contributed by atoms with E-state index < -0.39 is 0 Å². The van der Waals surface area contributed by atoms with E-state index in [1.165, 1.54) is 0 Å². The van der Waals surface area contributed by atoms with Crippen molar-refractivity contribution in [1.82, 2.24) is 0 Å². The molecule has 0 radical (unpaired) electrons. The third-order valence-corrected chi connectivity index (χ3v) is 2.55. The minimum Gasteiger partial charge on any atom is -0.396 e. The average Bonchev–Trinajstić information content (AvgIpc) is 2.44. The van der Waals surface area contributed by atoms with Crippen molar-refractivity contribution in [2.45, 2.75) is 31.2 Å². The zero-order valence-corrected chi connectivity index (χ0v) is 5.73. The Morgan fingerprint density at radius 1 is 1.30 bits per heavy atom. The predicted octanol–water partition coefficient (Wildman–Crippen LogP) is -0.483. The molecule has 0 amide bonds. The predicted molar refractivity (Wildman–Crippen MR) is 34.5 cm³/mol. The molecule has 10 heavy (non-hydrogen) atoms. The molecule has 4 atom stereocenters. The van der Waals surface area contributed by atoms with E-state index in [0.29, 0.717) is 0 Å². The number of aliphatic hydroxyl groups is 2. The number of ether oxygens (including phenoxy) is 1. The van der Waals surface area contributed by atoms with Crippen LogP contribution < -0.4 is 0 Å². The summed E-state index contributed by atoms with van der Waals surface area (Å²) in [6.07, 6.45) is 1.43. The molecule has 2 heterocycles. The standard InChI is InChI=1S/C7H12O3/c8-3-4-1-7-5(9)2-6(4)10-7/h4-9H,1-3H2. The quantitative estimate of drug-likeness (QED) is 0.522. The fourth-order valence-corrected chi connectivity index (χ4v) is 1.92. The van der Waals surface area contributed by atoms with Gasteiger partial charge in [0.05, 0.1) is 18.3 Å². The van der Waals surface area contributed by atoms with Crippen LogP contribution in [0.3, 0.4) is 0 Å². The lowest BCUT2D eigenvalue weighted by molar-refractivity contribution is 0.0517. The van der Waals surface area contributed by atoms with Crippen LogP contribution in [0.25, 0.3) is 0 Å². The molecule has 2 aliphatic rings. The van der Waals surface area contributed by atoms with Crippen LogP contribution in [0.1, 0.15) is 12.8 Å². The number of hydrogen-bond donors (Lipinski definition) is 2. The van der Waals surface area contributed by atoms with Crippen molar-refractivity contribution in [2.75, 3.05) is 6.61 Å². The summed E-state index contributed by atoms with van der Waals surface area (Å²) >= 11 is 0. The van der Waals surface area contributed by atoms with Crippen LogP contribution in [-0.2, 0) is 4.74 Å². The molecule has 2 bridgehead atoms. The normalized spacial score (nSPS) is 52.2. The fourth-order valence-electron chi connectivity index (χ4n) is 1.92. The van der Waals surface area contributed by atoms with Crippen molar-refractivity contribution in [3.05, 3.63) is 0 Å². The summed E-state index contributed by atoms with van der Waals surface area (Å²) in [5.74, 6) is 0.286. The van der Waals surface area contributed by atoms with Gasteiger partial charge in [-0.1, -0.05) is 0 Å². The molecule has 0 aromatic rings. The summed E-state index contributed by atoms with van der Waals surface area (Å²) < 4.78 is 5.38. The first-order chi connectivity index (χ1) is 4.81. The lowest BCUT2D eigenvalue weighted by atomic mass is 9.88. The van der Waals surface area contributed by atoms with Gasteiger partial charge in [-0.25, -0.2) is 0 Å². The summed E-state index contributed by atoms with van der Waals surface area (Å²) in [5, 5.41) is 18.0. The Bertz CT molecular complexity index is 135. The number of rotatable bonds is 1. The van der Waals surface area contributed by atoms with E-state index in [1.807, 2.05) is 0 Å². The number of hydrogen-bond acceptors (Lipinski definition) is 3.